The summed E-state index contributed by atoms with van der Waals surface area (Å²) in [6.45, 7) is 6.90. The Morgan fingerprint density at radius 3 is 2.63 bits per heavy atom. The molecule has 0 radical (unpaired) electrons. The summed E-state index contributed by atoms with van der Waals surface area (Å²) in [5, 5.41) is 3.15. The number of hydrogen-bond acceptors (Lipinski definition) is 4. The fourth-order valence-electron chi connectivity index (χ4n) is 1.73. The van der Waals surface area contributed by atoms with Gasteiger partial charge in [0.2, 0.25) is 10.0 Å². The van der Waals surface area contributed by atoms with E-state index in [0.717, 1.165) is 12.1 Å². The van der Waals surface area contributed by atoms with Crippen LogP contribution in [0.1, 0.15) is 19.4 Å². The van der Waals surface area contributed by atoms with Crippen LogP contribution in [0.25, 0.3) is 0 Å². The molecule has 2 N–H and O–H groups in total. The highest BCUT2D eigenvalue weighted by atomic mass is 32.2. The summed E-state index contributed by atoms with van der Waals surface area (Å²) in [5.41, 5.74) is 0.876. The lowest BCUT2D eigenvalue weighted by atomic mass is 10.2. The molecule has 1 aromatic rings. The standard InChI is InChI=1S/C13H22N2O3S/c1-5-14-11(3)9-15-19(16,17)13-8-10(2)6-7-12(13)18-4/h6-8,11,14-15H,5,9H2,1-4H3/t11-/m1/s1. The van der Waals surface area contributed by atoms with Crippen molar-refractivity contribution < 1.29 is 13.2 Å². The van der Waals surface area contributed by atoms with Crippen molar-refractivity contribution in [3.05, 3.63) is 23.8 Å². The molecule has 0 amide bonds. The van der Waals surface area contributed by atoms with Gasteiger partial charge in [0.25, 0.3) is 0 Å². The minimum Gasteiger partial charge on any atom is -0.495 e. The van der Waals surface area contributed by atoms with Gasteiger partial charge in [0.15, 0.2) is 0 Å². The zero-order chi connectivity index (χ0) is 14.5. The van der Waals surface area contributed by atoms with E-state index in [1.807, 2.05) is 26.8 Å². The zero-order valence-corrected chi connectivity index (χ0v) is 12.7. The van der Waals surface area contributed by atoms with E-state index in [0.29, 0.717) is 12.3 Å². The summed E-state index contributed by atoms with van der Waals surface area (Å²) in [5.74, 6) is 0.356. The molecule has 1 aromatic carbocycles. The number of nitrogens with one attached hydrogen (secondary N) is 2. The zero-order valence-electron chi connectivity index (χ0n) is 11.9. The normalized spacial score (nSPS) is 13.3. The first-order valence-electron chi connectivity index (χ1n) is 6.28. The van der Waals surface area contributed by atoms with E-state index >= 15 is 0 Å². The van der Waals surface area contributed by atoms with Gasteiger partial charge in [-0.3, -0.25) is 0 Å². The van der Waals surface area contributed by atoms with Crippen molar-refractivity contribution in [1.29, 1.82) is 0 Å². The number of benzene rings is 1. The number of ether oxygens (including phenoxy) is 1. The highest BCUT2D eigenvalue weighted by molar-refractivity contribution is 7.89. The maximum Gasteiger partial charge on any atom is 0.244 e. The van der Waals surface area contributed by atoms with Crippen LogP contribution < -0.4 is 14.8 Å². The second-order valence-electron chi connectivity index (χ2n) is 4.46. The van der Waals surface area contributed by atoms with Crippen LogP contribution in [0.2, 0.25) is 0 Å². The van der Waals surface area contributed by atoms with E-state index in [4.69, 9.17) is 4.74 Å². The molecule has 19 heavy (non-hydrogen) atoms. The van der Waals surface area contributed by atoms with Gasteiger partial charge in [-0.25, -0.2) is 13.1 Å². The van der Waals surface area contributed by atoms with Crippen LogP contribution in [-0.2, 0) is 10.0 Å². The summed E-state index contributed by atoms with van der Waals surface area (Å²) in [6, 6.07) is 5.17. The van der Waals surface area contributed by atoms with Crippen LogP contribution in [0.3, 0.4) is 0 Å². The third kappa shape index (κ3) is 4.49. The summed E-state index contributed by atoms with van der Waals surface area (Å²) >= 11 is 0. The van der Waals surface area contributed by atoms with Crippen LogP contribution >= 0.6 is 0 Å². The number of hydrogen-bond donors (Lipinski definition) is 2. The molecular weight excluding hydrogens is 264 g/mol. The van der Waals surface area contributed by atoms with Gasteiger partial charge in [-0.1, -0.05) is 13.0 Å². The van der Waals surface area contributed by atoms with Crippen molar-refractivity contribution in [3.8, 4) is 5.75 Å². The molecule has 0 spiro atoms. The summed E-state index contributed by atoms with van der Waals surface area (Å²) < 4.78 is 32.2. The van der Waals surface area contributed by atoms with E-state index in [-0.39, 0.29) is 10.9 Å². The molecule has 1 rings (SSSR count). The molecule has 0 unspecified atom stereocenters. The summed E-state index contributed by atoms with van der Waals surface area (Å²) in [7, 11) is -2.09. The molecule has 0 aromatic heterocycles. The Morgan fingerprint density at radius 1 is 1.37 bits per heavy atom. The Labute approximate surface area is 115 Å². The van der Waals surface area contributed by atoms with Crippen LogP contribution in [0, 0.1) is 6.92 Å². The predicted octanol–water partition coefficient (Wildman–Crippen LogP) is 1.28. The monoisotopic (exact) mass is 286 g/mol. The van der Waals surface area contributed by atoms with E-state index in [1.165, 1.54) is 7.11 Å². The first-order valence-corrected chi connectivity index (χ1v) is 7.76. The Balaban J connectivity index is 2.91. The van der Waals surface area contributed by atoms with Gasteiger partial charge in [0, 0.05) is 12.6 Å². The molecule has 0 saturated carbocycles. The van der Waals surface area contributed by atoms with E-state index in [2.05, 4.69) is 10.0 Å². The van der Waals surface area contributed by atoms with E-state index < -0.39 is 10.0 Å². The van der Waals surface area contributed by atoms with Gasteiger partial charge >= 0.3 is 0 Å². The number of sulfonamides is 1. The SMILES string of the molecule is CCN[C@H](C)CNS(=O)(=O)c1cc(C)ccc1OC. The number of aryl methyl sites for hydroxylation is 1. The second kappa shape index (κ2) is 6.88. The molecule has 0 bridgehead atoms. The van der Waals surface area contributed by atoms with Crippen LogP contribution in [0.5, 0.6) is 5.75 Å². The smallest absolute Gasteiger partial charge is 0.244 e. The van der Waals surface area contributed by atoms with Gasteiger partial charge in [-0.15, -0.1) is 0 Å². The van der Waals surface area contributed by atoms with Gasteiger partial charge in [0.05, 0.1) is 7.11 Å². The van der Waals surface area contributed by atoms with Gasteiger partial charge in [0.1, 0.15) is 10.6 Å². The molecule has 0 aliphatic heterocycles. The fourth-order valence-corrected chi connectivity index (χ4v) is 3.11. The summed E-state index contributed by atoms with van der Waals surface area (Å²) in [6.07, 6.45) is 0. The molecule has 5 nitrogen and oxygen atoms in total. The van der Waals surface area contributed by atoms with E-state index in [9.17, 15) is 8.42 Å². The van der Waals surface area contributed by atoms with Crippen LogP contribution in [0.15, 0.2) is 23.1 Å². The van der Waals surface area contributed by atoms with Crippen molar-refractivity contribution >= 4 is 10.0 Å². The first kappa shape index (κ1) is 15.9. The first-order chi connectivity index (χ1) is 8.90. The minimum atomic E-state index is -3.55. The highest BCUT2D eigenvalue weighted by Crippen LogP contribution is 2.24. The second-order valence-corrected chi connectivity index (χ2v) is 6.20. The molecule has 6 heteroatoms. The van der Waals surface area contributed by atoms with Crippen molar-refractivity contribution in [3.63, 3.8) is 0 Å². The minimum absolute atomic E-state index is 0.0792. The Kier molecular flexibility index (Phi) is 5.78. The molecule has 0 fully saturated rings. The Bertz CT molecular complexity index is 515. The summed E-state index contributed by atoms with van der Waals surface area (Å²) in [4.78, 5) is 0.179. The quantitative estimate of drug-likeness (QED) is 0.792. The topological polar surface area (TPSA) is 67.4 Å². The van der Waals surface area contributed by atoms with E-state index in [1.54, 1.807) is 12.1 Å². The van der Waals surface area contributed by atoms with Crippen LogP contribution in [-0.4, -0.2) is 34.7 Å². The number of methoxy groups -OCH3 is 1. The van der Waals surface area contributed by atoms with Crippen molar-refractivity contribution in [2.45, 2.75) is 31.7 Å². The molecule has 0 aliphatic rings. The van der Waals surface area contributed by atoms with Gasteiger partial charge in [-0.05, 0) is 38.1 Å². The molecule has 0 saturated heterocycles. The Morgan fingerprint density at radius 2 is 2.05 bits per heavy atom. The lowest BCUT2D eigenvalue weighted by Crippen LogP contribution is -2.38. The third-order valence-electron chi connectivity index (χ3n) is 2.74. The average Bonchev–Trinajstić information content (AvgIpc) is 2.37. The van der Waals surface area contributed by atoms with Crippen molar-refractivity contribution in [2.75, 3.05) is 20.2 Å². The molecule has 0 aliphatic carbocycles. The molecule has 1 atom stereocenters. The maximum absolute atomic E-state index is 12.3. The largest absolute Gasteiger partial charge is 0.495 e. The molecular formula is C13H22N2O3S. The number of likely N-dealkylation sites (N-methyl/N-ethyl adjacent to an activating group) is 1. The van der Waals surface area contributed by atoms with Gasteiger partial charge in [-0.2, -0.15) is 0 Å². The van der Waals surface area contributed by atoms with Crippen molar-refractivity contribution in [2.24, 2.45) is 0 Å². The molecule has 108 valence electrons. The van der Waals surface area contributed by atoms with Crippen molar-refractivity contribution in [1.82, 2.24) is 10.0 Å². The fraction of sp³-hybridized carbons (Fsp3) is 0.538. The Hall–Kier alpha value is -1.11. The average molecular weight is 286 g/mol. The third-order valence-corrected chi connectivity index (χ3v) is 4.19. The number of rotatable bonds is 7. The highest BCUT2D eigenvalue weighted by Gasteiger charge is 2.19. The maximum atomic E-state index is 12.3. The predicted molar refractivity (Wildman–Crippen MR) is 76.1 cm³/mol. The lowest BCUT2D eigenvalue weighted by molar-refractivity contribution is 0.402. The lowest BCUT2D eigenvalue weighted by Gasteiger charge is -2.15. The molecule has 0 heterocycles. The van der Waals surface area contributed by atoms with Gasteiger partial charge < -0.3 is 10.1 Å². The van der Waals surface area contributed by atoms with Crippen LogP contribution in [0.4, 0.5) is 0 Å².